The summed E-state index contributed by atoms with van der Waals surface area (Å²) in [5.41, 5.74) is 0.671. The standard InChI is InChI=1S/C16H32N2/c1-4-16(9-6-7-10-16)13-18-11-8-15(17-5-2)14(3)12-18/h14-15,17H,4-13H2,1-3H3. The van der Waals surface area contributed by atoms with Gasteiger partial charge in [0.05, 0.1) is 0 Å². The van der Waals surface area contributed by atoms with Crippen LogP contribution in [0.1, 0.15) is 59.3 Å². The first-order valence-electron chi connectivity index (χ1n) is 8.15. The van der Waals surface area contributed by atoms with Gasteiger partial charge < -0.3 is 10.2 Å². The molecule has 18 heavy (non-hydrogen) atoms. The number of nitrogens with one attached hydrogen (secondary N) is 1. The van der Waals surface area contributed by atoms with Gasteiger partial charge in [0.1, 0.15) is 0 Å². The number of likely N-dealkylation sites (tertiary alicyclic amines) is 1. The SMILES string of the molecule is CCNC1CCN(CC2(CC)CCCC2)CC1C. The van der Waals surface area contributed by atoms with E-state index >= 15 is 0 Å². The fraction of sp³-hybridized carbons (Fsp3) is 1.00. The average molecular weight is 252 g/mol. The van der Waals surface area contributed by atoms with Gasteiger partial charge in [0.25, 0.3) is 0 Å². The van der Waals surface area contributed by atoms with E-state index in [0.29, 0.717) is 5.41 Å². The Bertz CT molecular complexity index is 245. The zero-order valence-corrected chi connectivity index (χ0v) is 12.7. The second-order valence-corrected chi connectivity index (χ2v) is 6.73. The minimum absolute atomic E-state index is 0.671. The highest BCUT2D eigenvalue weighted by molar-refractivity contribution is 4.90. The van der Waals surface area contributed by atoms with Crippen molar-refractivity contribution in [3.63, 3.8) is 0 Å². The van der Waals surface area contributed by atoms with Gasteiger partial charge in [-0.25, -0.2) is 0 Å². The van der Waals surface area contributed by atoms with E-state index in [1.165, 1.54) is 58.2 Å². The quantitative estimate of drug-likeness (QED) is 0.808. The molecule has 1 saturated heterocycles. The van der Waals surface area contributed by atoms with E-state index in [0.717, 1.165) is 18.5 Å². The Hall–Kier alpha value is -0.0800. The summed E-state index contributed by atoms with van der Waals surface area (Å²) in [5, 5.41) is 3.65. The summed E-state index contributed by atoms with van der Waals surface area (Å²) in [6.45, 7) is 12.2. The van der Waals surface area contributed by atoms with Crippen LogP contribution in [0.4, 0.5) is 0 Å². The minimum Gasteiger partial charge on any atom is -0.314 e. The third-order valence-corrected chi connectivity index (χ3v) is 5.43. The molecule has 2 fully saturated rings. The predicted molar refractivity (Wildman–Crippen MR) is 78.9 cm³/mol. The first-order valence-corrected chi connectivity index (χ1v) is 8.15. The molecule has 0 spiro atoms. The summed E-state index contributed by atoms with van der Waals surface area (Å²) in [7, 11) is 0. The van der Waals surface area contributed by atoms with Gasteiger partial charge in [-0.15, -0.1) is 0 Å². The molecule has 0 amide bonds. The van der Waals surface area contributed by atoms with Crippen molar-refractivity contribution in [1.29, 1.82) is 0 Å². The Balaban J connectivity index is 1.84. The van der Waals surface area contributed by atoms with Crippen molar-refractivity contribution < 1.29 is 0 Å². The molecule has 0 aromatic heterocycles. The molecule has 2 nitrogen and oxygen atoms in total. The van der Waals surface area contributed by atoms with Gasteiger partial charge >= 0.3 is 0 Å². The van der Waals surface area contributed by atoms with Crippen LogP contribution < -0.4 is 5.32 Å². The Kier molecular flexibility index (Phi) is 5.08. The topological polar surface area (TPSA) is 15.3 Å². The van der Waals surface area contributed by atoms with Gasteiger partial charge in [-0.2, -0.15) is 0 Å². The molecule has 1 heterocycles. The van der Waals surface area contributed by atoms with E-state index in [-0.39, 0.29) is 0 Å². The first-order chi connectivity index (χ1) is 8.69. The van der Waals surface area contributed by atoms with Crippen molar-refractivity contribution >= 4 is 0 Å². The summed E-state index contributed by atoms with van der Waals surface area (Å²) >= 11 is 0. The lowest BCUT2D eigenvalue weighted by molar-refractivity contribution is 0.0888. The molecule has 0 bridgehead atoms. The molecular formula is C16H32N2. The molecule has 0 aromatic rings. The van der Waals surface area contributed by atoms with Crippen molar-refractivity contribution in [3.8, 4) is 0 Å². The number of hydrogen-bond acceptors (Lipinski definition) is 2. The van der Waals surface area contributed by atoms with Crippen LogP contribution in [0.5, 0.6) is 0 Å². The van der Waals surface area contributed by atoms with Crippen LogP contribution in [-0.4, -0.2) is 37.1 Å². The highest BCUT2D eigenvalue weighted by Gasteiger charge is 2.35. The van der Waals surface area contributed by atoms with Gasteiger partial charge in [-0.05, 0) is 50.1 Å². The summed E-state index contributed by atoms with van der Waals surface area (Å²) < 4.78 is 0. The fourth-order valence-corrected chi connectivity index (χ4v) is 4.16. The number of piperidine rings is 1. The number of hydrogen-bond donors (Lipinski definition) is 1. The zero-order valence-electron chi connectivity index (χ0n) is 12.7. The maximum Gasteiger partial charge on any atom is 0.0117 e. The van der Waals surface area contributed by atoms with Gasteiger partial charge in [-0.3, -0.25) is 0 Å². The van der Waals surface area contributed by atoms with Crippen LogP contribution in [0.15, 0.2) is 0 Å². The van der Waals surface area contributed by atoms with Crippen LogP contribution in [0.25, 0.3) is 0 Å². The average Bonchev–Trinajstić information content (AvgIpc) is 2.82. The molecule has 106 valence electrons. The van der Waals surface area contributed by atoms with Crippen LogP contribution in [0.2, 0.25) is 0 Å². The Morgan fingerprint density at radius 3 is 2.50 bits per heavy atom. The van der Waals surface area contributed by atoms with Crippen molar-refractivity contribution in [2.24, 2.45) is 11.3 Å². The summed E-state index contributed by atoms with van der Waals surface area (Å²) in [4.78, 5) is 2.76. The maximum atomic E-state index is 3.65. The lowest BCUT2D eigenvalue weighted by Gasteiger charge is -2.42. The predicted octanol–water partition coefficient (Wildman–Crippen LogP) is 3.28. The summed E-state index contributed by atoms with van der Waals surface area (Å²) in [6.07, 6.45) is 8.62. The van der Waals surface area contributed by atoms with Gasteiger partial charge in [-0.1, -0.05) is 33.6 Å². The summed E-state index contributed by atoms with van der Waals surface area (Å²) in [6, 6.07) is 0.757. The highest BCUT2D eigenvalue weighted by Crippen LogP contribution is 2.42. The molecule has 2 atom stereocenters. The minimum atomic E-state index is 0.671. The second kappa shape index (κ2) is 6.38. The van der Waals surface area contributed by atoms with Crippen LogP contribution in [0.3, 0.4) is 0 Å². The lowest BCUT2D eigenvalue weighted by Crippen LogP contribution is -2.50. The van der Waals surface area contributed by atoms with E-state index in [1.54, 1.807) is 0 Å². The van der Waals surface area contributed by atoms with E-state index in [9.17, 15) is 0 Å². The molecule has 2 aliphatic rings. The normalized spacial score (nSPS) is 32.8. The number of nitrogens with zero attached hydrogens (tertiary/aromatic N) is 1. The van der Waals surface area contributed by atoms with E-state index in [2.05, 4.69) is 31.0 Å². The third-order valence-electron chi connectivity index (χ3n) is 5.43. The van der Waals surface area contributed by atoms with Crippen LogP contribution in [0, 0.1) is 11.3 Å². The Labute approximate surface area is 114 Å². The van der Waals surface area contributed by atoms with Crippen molar-refractivity contribution in [1.82, 2.24) is 10.2 Å². The lowest BCUT2D eigenvalue weighted by atomic mass is 9.81. The Morgan fingerprint density at radius 1 is 1.22 bits per heavy atom. The molecule has 1 N–H and O–H groups in total. The van der Waals surface area contributed by atoms with Gasteiger partial charge in [0.15, 0.2) is 0 Å². The van der Waals surface area contributed by atoms with Crippen molar-refractivity contribution in [3.05, 3.63) is 0 Å². The maximum absolute atomic E-state index is 3.65. The molecular weight excluding hydrogens is 220 g/mol. The molecule has 1 aliphatic heterocycles. The first kappa shape index (κ1) is 14.3. The second-order valence-electron chi connectivity index (χ2n) is 6.73. The van der Waals surface area contributed by atoms with Crippen LogP contribution in [-0.2, 0) is 0 Å². The highest BCUT2D eigenvalue weighted by atomic mass is 15.2. The van der Waals surface area contributed by atoms with Gasteiger partial charge in [0, 0.05) is 19.1 Å². The zero-order chi connectivity index (χ0) is 13.0. The fourth-order valence-electron chi connectivity index (χ4n) is 4.16. The molecule has 2 heteroatoms. The number of rotatable bonds is 5. The Morgan fingerprint density at radius 2 is 1.94 bits per heavy atom. The molecule has 1 saturated carbocycles. The van der Waals surface area contributed by atoms with Gasteiger partial charge in [0.2, 0.25) is 0 Å². The summed E-state index contributed by atoms with van der Waals surface area (Å²) in [5.74, 6) is 0.814. The molecule has 2 unspecified atom stereocenters. The molecule has 2 rings (SSSR count). The van der Waals surface area contributed by atoms with E-state index in [4.69, 9.17) is 0 Å². The van der Waals surface area contributed by atoms with E-state index in [1.807, 2.05) is 0 Å². The molecule has 0 radical (unpaired) electrons. The third kappa shape index (κ3) is 3.27. The largest absolute Gasteiger partial charge is 0.314 e. The smallest absolute Gasteiger partial charge is 0.0117 e. The van der Waals surface area contributed by atoms with Crippen molar-refractivity contribution in [2.45, 2.75) is 65.3 Å². The monoisotopic (exact) mass is 252 g/mol. The van der Waals surface area contributed by atoms with E-state index < -0.39 is 0 Å². The molecule has 1 aliphatic carbocycles. The molecule has 0 aromatic carbocycles. The van der Waals surface area contributed by atoms with Crippen molar-refractivity contribution in [2.75, 3.05) is 26.2 Å². The van der Waals surface area contributed by atoms with Crippen LogP contribution >= 0.6 is 0 Å².